The molecule has 0 saturated heterocycles. The number of nitrogens with one attached hydrogen (secondary N) is 1. The SMILES string of the molecule is C[C@H](OC(=O)c1ccccc1NS(C)(=O)=O)c1nc(N)nc(N(C)C)n1. The number of nitrogens with two attached hydrogens (primary N) is 1. The summed E-state index contributed by atoms with van der Waals surface area (Å²) < 4.78 is 30.5. The smallest absolute Gasteiger partial charge is 0.340 e. The number of nitrogen functional groups attached to an aromatic ring is 1. The van der Waals surface area contributed by atoms with Crippen LogP contribution in [0.15, 0.2) is 24.3 Å². The van der Waals surface area contributed by atoms with Crippen molar-refractivity contribution in [1.82, 2.24) is 15.0 Å². The van der Waals surface area contributed by atoms with E-state index >= 15 is 0 Å². The van der Waals surface area contributed by atoms with Crippen LogP contribution in [0, 0.1) is 0 Å². The van der Waals surface area contributed by atoms with E-state index in [1.165, 1.54) is 12.1 Å². The van der Waals surface area contributed by atoms with Gasteiger partial charge in [0.1, 0.15) is 0 Å². The Hall–Kier alpha value is -2.95. The molecule has 0 saturated carbocycles. The fourth-order valence-corrected chi connectivity index (χ4v) is 2.58. The van der Waals surface area contributed by atoms with Gasteiger partial charge in [0.25, 0.3) is 0 Å². The summed E-state index contributed by atoms with van der Waals surface area (Å²) in [5, 5.41) is 0. The Kier molecular flexibility index (Phi) is 5.60. The first-order chi connectivity index (χ1) is 12.1. The quantitative estimate of drug-likeness (QED) is 0.696. The van der Waals surface area contributed by atoms with Crippen LogP contribution in [0.2, 0.25) is 0 Å². The molecule has 10 nitrogen and oxygen atoms in total. The number of hydrogen-bond donors (Lipinski definition) is 2. The van der Waals surface area contributed by atoms with Crippen LogP contribution in [0.25, 0.3) is 0 Å². The molecule has 0 aliphatic carbocycles. The summed E-state index contributed by atoms with van der Waals surface area (Å²) in [5.41, 5.74) is 5.86. The lowest BCUT2D eigenvalue weighted by Gasteiger charge is -2.16. The van der Waals surface area contributed by atoms with Gasteiger partial charge in [0.2, 0.25) is 21.9 Å². The molecule has 1 atom stereocenters. The highest BCUT2D eigenvalue weighted by atomic mass is 32.2. The number of carbonyl (C=O) groups excluding carboxylic acids is 1. The molecule has 0 unspecified atom stereocenters. The summed E-state index contributed by atoms with van der Waals surface area (Å²) in [7, 11) is -0.0705. The molecule has 0 bridgehead atoms. The Morgan fingerprint density at radius 2 is 1.88 bits per heavy atom. The summed E-state index contributed by atoms with van der Waals surface area (Å²) >= 11 is 0. The Bertz CT molecular complexity index is 916. The Morgan fingerprint density at radius 1 is 1.23 bits per heavy atom. The minimum Gasteiger partial charge on any atom is -0.451 e. The molecule has 0 radical (unpaired) electrons. The minimum atomic E-state index is -3.55. The van der Waals surface area contributed by atoms with Gasteiger partial charge in [0, 0.05) is 14.1 Å². The molecular weight excluding hydrogens is 360 g/mol. The molecule has 0 fully saturated rings. The van der Waals surface area contributed by atoms with Gasteiger partial charge in [-0.1, -0.05) is 12.1 Å². The fraction of sp³-hybridized carbons (Fsp3) is 0.333. The number of esters is 1. The van der Waals surface area contributed by atoms with Crippen LogP contribution in [0.5, 0.6) is 0 Å². The number of aromatic nitrogens is 3. The highest BCUT2D eigenvalue weighted by Gasteiger charge is 2.21. The van der Waals surface area contributed by atoms with Gasteiger partial charge in [-0.05, 0) is 19.1 Å². The van der Waals surface area contributed by atoms with Crippen LogP contribution in [0.4, 0.5) is 17.6 Å². The minimum absolute atomic E-state index is 0.000687. The average Bonchev–Trinajstić information content (AvgIpc) is 2.53. The van der Waals surface area contributed by atoms with Gasteiger partial charge in [0.15, 0.2) is 11.9 Å². The van der Waals surface area contributed by atoms with Crippen molar-refractivity contribution in [3.05, 3.63) is 35.7 Å². The molecule has 140 valence electrons. The molecule has 26 heavy (non-hydrogen) atoms. The van der Waals surface area contributed by atoms with Crippen molar-refractivity contribution in [2.45, 2.75) is 13.0 Å². The number of ether oxygens (including phenoxy) is 1. The lowest BCUT2D eigenvalue weighted by Crippen LogP contribution is -2.19. The van der Waals surface area contributed by atoms with Gasteiger partial charge < -0.3 is 15.4 Å². The molecule has 2 aromatic rings. The predicted molar refractivity (Wildman–Crippen MR) is 97.3 cm³/mol. The Balaban J connectivity index is 2.25. The van der Waals surface area contributed by atoms with E-state index in [9.17, 15) is 13.2 Å². The number of anilines is 3. The zero-order chi connectivity index (χ0) is 19.5. The largest absolute Gasteiger partial charge is 0.451 e. The fourth-order valence-electron chi connectivity index (χ4n) is 2.01. The van der Waals surface area contributed by atoms with Crippen LogP contribution in [0.3, 0.4) is 0 Å². The lowest BCUT2D eigenvalue weighted by molar-refractivity contribution is 0.0321. The van der Waals surface area contributed by atoms with Crippen molar-refractivity contribution in [2.24, 2.45) is 0 Å². The van der Waals surface area contributed by atoms with E-state index < -0.39 is 22.1 Å². The normalized spacial score (nSPS) is 12.3. The van der Waals surface area contributed by atoms with E-state index in [1.807, 2.05) is 0 Å². The third kappa shape index (κ3) is 5.02. The summed E-state index contributed by atoms with van der Waals surface area (Å²) in [4.78, 5) is 26.3. The molecule has 0 spiro atoms. The van der Waals surface area contributed by atoms with Crippen molar-refractivity contribution < 1.29 is 17.9 Å². The molecule has 0 aliphatic rings. The number of hydrogen-bond acceptors (Lipinski definition) is 9. The topological polar surface area (TPSA) is 140 Å². The second kappa shape index (κ2) is 7.52. The summed E-state index contributed by atoms with van der Waals surface area (Å²) in [6, 6.07) is 6.12. The van der Waals surface area contributed by atoms with Gasteiger partial charge >= 0.3 is 5.97 Å². The highest BCUT2D eigenvalue weighted by Crippen LogP contribution is 2.22. The molecule has 3 N–H and O–H groups in total. The maximum Gasteiger partial charge on any atom is 0.340 e. The van der Waals surface area contributed by atoms with Crippen molar-refractivity contribution in [1.29, 1.82) is 0 Å². The molecule has 1 aromatic heterocycles. The monoisotopic (exact) mass is 380 g/mol. The number of carbonyl (C=O) groups is 1. The van der Waals surface area contributed by atoms with Gasteiger partial charge in [-0.15, -0.1) is 0 Å². The van der Waals surface area contributed by atoms with E-state index in [0.717, 1.165) is 6.26 Å². The standard InChI is InChI=1S/C15H20N6O4S/c1-9(12-17-14(16)19-15(18-12)21(2)3)25-13(22)10-7-5-6-8-11(10)20-26(4,23)24/h5-9,20H,1-4H3,(H2,16,17,18,19)/t9-/m0/s1. The number of sulfonamides is 1. The molecule has 0 aliphatic heterocycles. The number of nitrogens with zero attached hydrogens (tertiary/aromatic N) is 4. The summed E-state index contributed by atoms with van der Waals surface area (Å²) in [6.45, 7) is 1.58. The van der Waals surface area contributed by atoms with Crippen molar-refractivity contribution in [3.8, 4) is 0 Å². The summed E-state index contributed by atoms with van der Waals surface area (Å²) in [6.07, 6.45) is 0.173. The maximum absolute atomic E-state index is 12.5. The first-order valence-electron chi connectivity index (χ1n) is 7.53. The number of rotatable bonds is 6. The second-order valence-corrected chi connectivity index (χ2v) is 7.46. The first-order valence-corrected chi connectivity index (χ1v) is 9.42. The van der Waals surface area contributed by atoms with Gasteiger partial charge in [-0.2, -0.15) is 15.0 Å². The third-order valence-electron chi connectivity index (χ3n) is 3.15. The van der Waals surface area contributed by atoms with Crippen LogP contribution < -0.4 is 15.4 Å². The zero-order valence-electron chi connectivity index (χ0n) is 14.8. The molecular formula is C15H20N6O4S. The van der Waals surface area contributed by atoms with E-state index in [1.54, 1.807) is 38.1 Å². The van der Waals surface area contributed by atoms with E-state index in [4.69, 9.17) is 10.5 Å². The molecule has 0 amide bonds. The zero-order valence-corrected chi connectivity index (χ0v) is 15.6. The molecule has 1 aromatic carbocycles. The van der Waals surface area contributed by atoms with Crippen LogP contribution in [-0.2, 0) is 14.8 Å². The van der Waals surface area contributed by atoms with Crippen LogP contribution in [0.1, 0.15) is 29.2 Å². The second-order valence-electron chi connectivity index (χ2n) is 5.71. The van der Waals surface area contributed by atoms with Gasteiger partial charge in [-0.25, -0.2) is 13.2 Å². The van der Waals surface area contributed by atoms with Crippen molar-refractivity contribution in [3.63, 3.8) is 0 Å². The Labute approximate surface area is 151 Å². The van der Waals surface area contributed by atoms with Crippen molar-refractivity contribution >= 4 is 33.6 Å². The summed E-state index contributed by atoms with van der Waals surface area (Å²) in [5.74, 6) is -0.215. The predicted octanol–water partition coefficient (Wildman–Crippen LogP) is 0.809. The third-order valence-corrected chi connectivity index (χ3v) is 3.74. The number of para-hydroxylation sites is 1. The molecule has 1 heterocycles. The molecule has 11 heteroatoms. The number of benzene rings is 1. The van der Waals surface area contributed by atoms with E-state index in [0.29, 0.717) is 5.95 Å². The van der Waals surface area contributed by atoms with Gasteiger partial charge in [-0.3, -0.25) is 4.72 Å². The lowest BCUT2D eigenvalue weighted by atomic mass is 10.2. The van der Waals surface area contributed by atoms with E-state index in [2.05, 4.69) is 19.7 Å². The maximum atomic E-state index is 12.5. The van der Waals surface area contributed by atoms with Crippen molar-refractivity contribution in [2.75, 3.05) is 35.7 Å². The van der Waals surface area contributed by atoms with E-state index in [-0.39, 0.29) is 23.0 Å². The van der Waals surface area contributed by atoms with Gasteiger partial charge in [0.05, 0.1) is 17.5 Å². The highest BCUT2D eigenvalue weighted by molar-refractivity contribution is 7.92. The molecule has 2 rings (SSSR count). The van der Waals surface area contributed by atoms with Crippen LogP contribution >= 0.6 is 0 Å². The first kappa shape index (κ1) is 19.4. The van der Waals surface area contributed by atoms with Crippen LogP contribution in [-0.4, -0.2) is 49.7 Å². The average molecular weight is 380 g/mol. The Morgan fingerprint density at radius 3 is 2.50 bits per heavy atom.